The van der Waals surface area contributed by atoms with Crippen molar-refractivity contribution in [3.05, 3.63) is 46.3 Å². The summed E-state index contributed by atoms with van der Waals surface area (Å²) in [6.45, 7) is 4.29. The van der Waals surface area contributed by atoms with Crippen molar-refractivity contribution < 1.29 is 13.7 Å². The first-order valence-electron chi connectivity index (χ1n) is 7.67. The number of nitrogens with zero attached hydrogens (tertiary/aromatic N) is 3. The van der Waals surface area contributed by atoms with Crippen molar-refractivity contribution in [2.75, 3.05) is 13.1 Å². The van der Waals surface area contributed by atoms with Gasteiger partial charge in [-0.15, -0.1) is 0 Å². The maximum atomic E-state index is 13.8. The van der Waals surface area contributed by atoms with Gasteiger partial charge in [-0.1, -0.05) is 16.8 Å². The molecule has 124 valence electrons. The van der Waals surface area contributed by atoms with Crippen LogP contribution >= 0.6 is 11.6 Å². The molecule has 1 aliphatic rings. The van der Waals surface area contributed by atoms with E-state index in [-0.39, 0.29) is 11.9 Å². The normalized spacial score (nSPS) is 19.2. The first-order valence-corrected chi connectivity index (χ1v) is 8.05. The molecule has 0 amide bonds. The Labute approximate surface area is 139 Å². The van der Waals surface area contributed by atoms with Crippen molar-refractivity contribution in [3.8, 4) is 0 Å². The van der Waals surface area contributed by atoms with Gasteiger partial charge in [-0.2, -0.15) is 4.98 Å². The highest BCUT2D eigenvalue weighted by Crippen LogP contribution is 2.20. The second-order valence-corrected chi connectivity index (χ2v) is 6.21. The first-order chi connectivity index (χ1) is 11.1. The van der Waals surface area contributed by atoms with Gasteiger partial charge in [-0.3, -0.25) is 4.90 Å². The molecule has 0 spiro atoms. The maximum Gasteiger partial charge on any atom is 0.223 e. The van der Waals surface area contributed by atoms with E-state index in [9.17, 15) is 4.39 Å². The predicted molar refractivity (Wildman–Crippen MR) is 83.5 cm³/mol. The number of likely N-dealkylation sites (tertiary alicyclic amines) is 1. The monoisotopic (exact) mass is 339 g/mol. The zero-order chi connectivity index (χ0) is 16.2. The third kappa shape index (κ3) is 4.50. The summed E-state index contributed by atoms with van der Waals surface area (Å²) in [5.74, 6) is 0.866. The van der Waals surface area contributed by atoms with Crippen molar-refractivity contribution in [2.45, 2.75) is 39.0 Å². The molecule has 0 bridgehead atoms. The van der Waals surface area contributed by atoms with Gasteiger partial charge in [0, 0.05) is 30.6 Å². The molecule has 1 unspecified atom stereocenters. The summed E-state index contributed by atoms with van der Waals surface area (Å²) in [6.07, 6.45) is 2.08. The molecule has 7 heteroatoms. The summed E-state index contributed by atoms with van der Waals surface area (Å²) in [6, 6.07) is 4.66. The fraction of sp³-hybridized carbons (Fsp3) is 0.500. The highest BCUT2D eigenvalue weighted by atomic mass is 35.5. The average molecular weight is 340 g/mol. The molecule has 1 aliphatic heterocycles. The summed E-state index contributed by atoms with van der Waals surface area (Å²) in [4.78, 5) is 6.31. The minimum Gasteiger partial charge on any atom is -0.369 e. The number of aromatic nitrogens is 2. The summed E-state index contributed by atoms with van der Waals surface area (Å²) >= 11 is 5.95. The van der Waals surface area contributed by atoms with Crippen LogP contribution < -0.4 is 0 Å². The smallest absolute Gasteiger partial charge is 0.223 e. The van der Waals surface area contributed by atoms with Crippen LogP contribution in [0.25, 0.3) is 0 Å². The summed E-state index contributed by atoms with van der Waals surface area (Å²) in [7, 11) is 0. The minimum atomic E-state index is -0.222. The molecule has 3 rings (SSSR count). The number of aryl methyl sites for hydroxylation is 1. The van der Waals surface area contributed by atoms with E-state index in [1.165, 1.54) is 6.07 Å². The minimum absolute atomic E-state index is 0.0878. The van der Waals surface area contributed by atoms with Gasteiger partial charge in [0.05, 0.1) is 6.10 Å². The Hall–Kier alpha value is -1.50. The molecule has 1 atom stereocenters. The van der Waals surface area contributed by atoms with E-state index in [4.69, 9.17) is 20.9 Å². The lowest BCUT2D eigenvalue weighted by Crippen LogP contribution is -2.39. The Morgan fingerprint density at radius 2 is 2.35 bits per heavy atom. The van der Waals surface area contributed by atoms with Gasteiger partial charge in [0.15, 0.2) is 5.82 Å². The Morgan fingerprint density at radius 1 is 1.48 bits per heavy atom. The highest BCUT2D eigenvalue weighted by molar-refractivity contribution is 6.30. The number of hydrogen-bond donors (Lipinski definition) is 0. The molecular weight excluding hydrogens is 321 g/mol. The van der Waals surface area contributed by atoms with E-state index in [0.29, 0.717) is 35.5 Å². The van der Waals surface area contributed by atoms with Gasteiger partial charge in [0.1, 0.15) is 12.4 Å². The summed E-state index contributed by atoms with van der Waals surface area (Å²) < 4.78 is 24.6. The van der Waals surface area contributed by atoms with Crippen LogP contribution in [-0.4, -0.2) is 34.2 Å². The quantitative estimate of drug-likeness (QED) is 0.836. The lowest BCUT2D eigenvalue weighted by atomic mass is 10.1. The molecule has 1 aromatic heterocycles. The molecule has 1 fully saturated rings. The Kier molecular flexibility index (Phi) is 5.25. The standard InChI is InChI=1S/C16H19ClFN3O2/c1-11-19-16(20-23-11)10-22-14-3-2-6-21(9-14)8-12-7-13(17)4-5-15(12)18/h4-5,7,14H,2-3,6,8-10H2,1H3. The van der Waals surface area contributed by atoms with Crippen LogP contribution in [0.5, 0.6) is 0 Å². The van der Waals surface area contributed by atoms with Crippen LogP contribution in [0.2, 0.25) is 5.02 Å². The number of benzene rings is 1. The molecule has 2 heterocycles. The lowest BCUT2D eigenvalue weighted by molar-refractivity contribution is -0.0153. The van der Waals surface area contributed by atoms with Crippen LogP contribution in [0.3, 0.4) is 0 Å². The molecule has 5 nitrogen and oxygen atoms in total. The molecular formula is C16H19ClFN3O2. The SMILES string of the molecule is Cc1nc(COC2CCCN(Cc3cc(Cl)ccc3F)C2)no1. The number of rotatable bonds is 5. The fourth-order valence-electron chi connectivity index (χ4n) is 2.79. The average Bonchev–Trinajstić information content (AvgIpc) is 2.95. The molecule has 1 aromatic carbocycles. The van der Waals surface area contributed by atoms with Gasteiger partial charge in [-0.25, -0.2) is 4.39 Å². The van der Waals surface area contributed by atoms with Crippen molar-refractivity contribution in [2.24, 2.45) is 0 Å². The number of halogens is 2. The topological polar surface area (TPSA) is 51.4 Å². The van der Waals surface area contributed by atoms with E-state index in [1.54, 1.807) is 19.1 Å². The van der Waals surface area contributed by atoms with Crippen LogP contribution in [0.1, 0.15) is 30.1 Å². The van der Waals surface area contributed by atoms with Crippen molar-refractivity contribution in [1.82, 2.24) is 15.0 Å². The molecule has 23 heavy (non-hydrogen) atoms. The number of piperidine rings is 1. The summed E-state index contributed by atoms with van der Waals surface area (Å²) in [5, 5.41) is 4.37. The zero-order valence-corrected chi connectivity index (χ0v) is 13.7. The molecule has 1 saturated heterocycles. The van der Waals surface area contributed by atoms with E-state index < -0.39 is 0 Å². The van der Waals surface area contributed by atoms with E-state index >= 15 is 0 Å². The van der Waals surface area contributed by atoms with Crippen LogP contribution in [0, 0.1) is 12.7 Å². The number of ether oxygens (including phenoxy) is 1. The second kappa shape index (κ2) is 7.38. The maximum absolute atomic E-state index is 13.8. The van der Waals surface area contributed by atoms with E-state index in [0.717, 1.165) is 25.9 Å². The Morgan fingerprint density at radius 3 is 3.13 bits per heavy atom. The molecule has 0 saturated carbocycles. The van der Waals surface area contributed by atoms with Gasteiger partial charge < -0.3 is 9.26 Å². The summed E-state index contributed by atoms with van der Waals surface area (Å²) in [5.41, 5.74) is 0.618. The van der Waals surface area contributed by atoms with Gasteiger partial charge in [0.25, 0.3) is 0 Å². The van der Waals surface area contributed by atoms with Crippen molar-refractivity contribution in [1.29, 1.82) is 0 Å². The molecule has 0 aliphatic carbocycles. The Balaban J connectivity index is 1.54. The molecule has 0 radical (unpaired) electrons. The Bertz CT molecular complexity index is 665. The lowest BCUT2D eigenvalue weighted by Gasteiger charge is -2.32. The third-order valence-electron chi connectivity index (χ3n) is 3.88. The number of hydrogen-bond acceptors (Lipinski definition) is 5. The van der Waals surface area contributed by atoms with Crippen molar-refractivity contribution >= 4 is 11.6 Å². The third-order valence-corrected chi connectivity index (χ3v) is 4.12. The van der Waals surface area contributed by atoms with Gasteiger partial charge in [0.2, 0.25) is 5.89 Å². The van der Waals surface area contributed by atoms with Gasteiger partial charge >= 0.3 is 0 Å². The van der Waals surface area contributed by atoms with Crippen LogP contribution in [-0.2, 0) is 17.9 Å². The molecule has 2 aromatic rings. The largest absolute Gasteiger partial charge is 0.369 e. The van der Waals surface area contributed by atoms with Gasteiger partial charge in [-0.05, 0) is 37.6 Å². The first kappa shape index (κ1) is 16.4. The zero-order valence-electron chi connectivity index (χ0n) is 13.0. The van der Waals surface area contributed by atoms with Crippen LogP contribution in [0.15, 0.2) is 22.7 Å². The van der Waals surface area contributed by atoms with E-state index in [1.807, 2.05) is 0 Å². The van der Waals surface area contributed by atoms with Crippen LogP contribution in [0.4, 0.5) is 4.39 Å². The van der Waals surface area contributed by atoms with Crippen molar-refractivity contribution in [3.63, 3.8) is 0 Å². The highest BCUT2D eigenvalue weighted by Gasteiger charge is 2.22. The van der Waals surface area contributed by atoms with E-state index in [2.05, 4.69) is 15.0 Å². The predicted octanol–water partition coefficient (Wildman–Crippen LogP) is 3.35. The fourth-order valence-corrected chi connectivity index (χ4v) is 2.99. The molecule has 0 N–H and O–H groups in total. The second-order valence-electron chi connectivity index (χ2n) is 5.78.